The number of aromatic nitrogens is 1. The van der Waals surface area contributed by atoms with Crippen molar-refractivity contribution in [3.05, 3.63) is 14.4 Å². The Bertz CT molecular complexity index is 789. The third-order valence-electron chi connectivity index (χ3n) is 3.97. The number of rotatable bonds is 5. The molecule has 0 bridgehead atoms. The Morgan fingerprint density at radius 1 is 1.37 bits per heavy atom. The van der Waals surface area contributed by atoms with Gasteiger partial charge in [0.1, 0.15) is 5.60 Å². The van der Waals surface area contributed by atoms with Crippen LogP contribution in [0, 0.1) is 3.95 Å². The molecule has 0 aliphatic carbocycles. The van der Waals surface area contributed by atoms with Crippen LogP contribution in [0.5, 0.6) is 5.88 Å². The van der Waals surface area contributed by atoms with Gasteiger partial charge in [-0.25, -0.2) is 4.79 Å². The van der Waals surface area contributed by atoms with Gasteiger partial charge in [0.2, 0.25) is 5.88 Å². The first-order chi connectivity index (χ1) is 12.6. The van der Waals surface area contributed by atoms with Crippen molar-refractivity contribution in [2.75, 3.05) is 13.1 Å². The molecule has 27 heavy (non-hydrogen) atoms. The van der Waals surface area contributed by atoms with Crippen LogP contribution >= 0.6 is 23.6 Å². The van der Waals surface area contributed by atoms with Crippen LogP contribution in [0.4, 0.5) is 4.79 Å². The number of thiazole rings is 1. The number of amides is 1. The summed E-state index contributed by atoms with van der Waals surface area (Å²) < 4.78 is 7.49. The Kier molecular flexibility index (Phi) is 7.05. The van der Waals surface area contributed by atoms with E-state index in [9.17, 15) is 14.7 Å². The Balaban J connectivity index is 2.10. The average molecular weight is 415 g/mol. The molecular weight excluding hydrogens is 388 g/mol. The summed E-state index contributed by atoms with van der Waals surface area (Å²) in [7, 11) is 0. The summed E-state index contributed by atoms with van der Waals surface area (Å²) in [5, 5.41) is 19.2. The fraction of sp³-hybridized carbons (Fsp3) is 0.611. The largest absolute Gasteiger partial charge is 0.493 e. The average Bonchev–Trinajstić information content (AvgIpc) is 2.80. The van der Waals surface area contributed by atoms with Gasteiger partial charge >= 0.3 is 12.1 Å². The van der Waals surface area contributed by atoms with Gasteiger partial charge in [0.25, 0.3) is 0 Å². The van der Waals surface area contributed by atoms with Gasteiger partial charge < -0.3 is 19.8 Å². The number of likely N-dealkylation sites (tertiary alicyclic amines) is 1. The number of hydrogen-bond acceptors (Lipinski definition) is 6. The molecule has 1 aromatic rings. The summed E-state index contributed by atoms with van der Waals surface area (Å²) in [6.45, 7) is 6.97. The Labute approximate surface area is 167 Å². The SMILES string of the molecule is CC(C)(C)OC(=O)N1CCCC(=Cc2sc(=S)n(CCCC(=O)O)c2O)C1. The van der Waals surface area contributed by atoms with Crippen LogP contribution in [0.1, 0.15) is 51.3 Å². The number of piperidine rings is 1. The number of aromatic hydroxyl groups is 1. The molecule has 2 rings (SSSR count). The lowest BCUT2D eigenvalue weighted by atomic mass is 10.0. The summed E-state index contributed by atoms with van der Waals surface area (Å²) in [6.07, 6.45) is 3.63. The van der Waals surface area contributed by atoms with Crippen molar-refractivity contribution in [1.82, 2.24) is 9.47 Å². The maximum absolute atomic E-state index is 12.3. The second-order valence-corrected chi connectivity index (χ2v) is 9.19. The molecule has 9 heteroatoms. The highest BCUT2D eigenvalue weighted by atomic mass is 32.1. The fourth-order valence-corrected chi connectivity index (χ4v) is 4.13. The first kappa shape index (κ1) is 21.4. The number of ether oxygens (including phenoxy) is 1. The Morgan fingerprint density at radius 3 is 2.70 bits per heavy atom. The lowest BCUT2D eigenvalue weighted by Gasteiger charge is -2.31. The second-order valence-electron chi connectivity index (χ2n) is 7.51. The molecule has 0 spiro atoms. The van der Waals surface area contributed by atoms with E-state index in [1.54, 1.807) is 9.47 Å². The van der Waals surface area contributed by atoms with Crippen molar-refractivity contribution in [1.29, 1.82) is 0 Å². The minimum absolute atomic E-state index is 0.0261. The van der Waals surface area contributed by atoms with E-state index in [2.05, 4.69) is 0 Å². The molecule has 1 fully saturated rings. The third kappa shape index (κ3) is 6.35. The maximum Gasteiger partial charge on any atom is 0.410 e. The number of carboxylic acids is 1. The van der Waals surface area contributed by atoms with Gasteiger partial charge in [-0.2, -0.15) is 0 Å². The third-order valence-corrected chi connectivity index (χ3v) is 5.36. The Hall–Kier alpha value is -1.87. The molecule has 1 aromatic heterocycles. The van der Waals surface area contributed by atoms with Gasteiger partial charge in [-0.15, -0.1) is 11.3 Å². The zero-order chi connectivity index (χ0) is 20.2. The predicted molar refractivity (Wildman–Crippen MR) is 107 cm³/mol. The van der Waals surface area contributed by atoms with E-state index in [1.165, 1.54) is 11.3 Å². The number of aliphatic carboxylic acids is 1. The van der Waals surface area contributed by atoms with Crippen molar-refractivity contribution >= 4 is 41.7 Å². The van der Waals surface area contributed by atoms with Gasteiger partial charge in [-0.3, -0.25) is 9.36 Å². The van der Waals surface area contributed by atoms with Gasteiger partial charge in [0.05, 0.1) is 4.88 Å². The molecule has 0 saturated carbocycles. The fourth-order valence-electron chi connectivity index (χ4n) is 2.78. The van der Waals surface area contributed by atoms with Crippen molar-refractivity contribution in [2.24, 2.45) is 0 Å². The molecule has 0 aromatic carbocycles. The van der Waals surface area contributed by atoms with E-state index in [1.807, 2.05) is 26.8 Å². The summed E-state index contributed by atoms with van der Waals surface area (Å²) >= 11 is 6.57. The molecule has 1 aliphatic rings. The van der Waals surface area contributed by atoms with E-state index in [4.69, 9.17) is 22.1 Å². The minimum Gasteiger partial charge on any atom is -0.493 e. The number of hydrogen-bond donors (Lipinski definition) is 2. The molecule has 2 heterocycles. The predicted octanol–water partition coefficient (Wildman–Crippen LogP) is 4.26. The van der Waals surface area contributed by atoms with Crippen LogP contribution in [0.15, 0.2) is 5.57 Å². The summed E-state index contributed by atoms with van der Waals surface area (Å²) in [4.78, 5) is 25.2. The molecule has 1 saturated heterocycles. The summed E-state index contributed by atoms with van der Waals surface area (Å²) in [6, 6.07) is 0. The van der Waals surface area contributed by atoms with Gasteiger partial charge in [-0.05, 0) is 63.9 Å². The quantitative estimate of drug-likeness (QED) is 0.699. The molecule has 0 radical (unpaired) electrons. The molecule has 0 unspecified atom stereocenters. The van der Waals surface area contributed by atoms with Crippen LogP contribution in [0.25, 0.3) is 6.08 Å². The highest BCUT2D eigenvalue weighted by molar-refractivity contribution is 7.73. The minimum atomic E-state index is -0.872. The zero-order valence-electron chi connectivity index (χ0n) is 15.9. The number of carbonyl (C=O) groups is 2. The standard InChI is InChI=1S/C18H26N2O5S2/c1-18(2,3)25-16(24)19-8-4-6-12(11-19)10-13-15(23)20(17(26)27-13)9-5-7-14(21)22/h10,23H,4-9,11H2,1-3H3,(H,21,22). The Morgan fingerprint density at radius 2 is 2.07 bits per heavy atom. The smallest absolute Gasteiger partial charge is 0.410 e. The lowest BCUT2D eigenvalue weighted by Crippen LogP contribution is -2.40. The van der Waals surface area contributed by atoms with Crippen LogP contribution in [0.3, 0.4) is 0 Å². The highest BCUT2D eigenvalue weighted by Gasteiger charge is 2.25. The molecule has 7 nitrogen and oxygen atoms in total. The lowest BCUT2D eigenvalue weighted by molar-refractivity contribution is -0.137. The van der Waals surface area contributed by atoms with E-state index in [0.29, 0.717) is 34.9 Å². The number of carbonyl (C=O) groups excluding carboxylic acids is 1. The molecule has 2 N–H and O–H groups in total. The molecule has 150 valence electrons. The van der Waals surface area contributed by atoms with Crippen LogP contribution in [-0.2, 0) is 16.1 Å². The van der Waals surface area contributed by atoms with Crippen LogP contribution < -0.4 is 0 Å². The first-order valence-electron chi connectivity index (χ1n) is 8.88. The highest BCUT2D eigenvalue weighted by Crippen LogP contribution is 2.31. The molecule has 1 amide bonds. The molecule has 0 atom stereocenters. The van der Waals surface area contributed by atoms with Crippen molar-refractivity contribution in [3.63, 3.8) is 0 Å². The van der Waals surface area contributed by atoms with Crippen molar-refractivity contribution in [2.45, 2.75) is 58.6 Å². The van der Waals surface area contributed by atoms with Gasteiger partial charge in [0, 0.05) is 26.1 Å². The van der Waals surface area contributed by atoms with Crippen LogP contribution in [0.2, 0.25) is 0 Å². The van der Waals surface area contributed by atoms with Gasteiger partial charge in [0.15, 0.2) is 3.95 Å². The molecular formula is C18H26N2O5S2. The molecule has 1 aliphatic heterocycles. The summed E-state index contributed by atoms with van der Waals surface area (Å²) in [5.74, 6) is -0.819. The van der Waals surface area contributed by atoms with Crippen molar-refractivity contribution < 1.29 is 24.5 Å². The number of carboxylic acid groups (broad SMARTS) is 1. The second kappa shape index (κ2) is 8.88. The van der Waals surface area contributed by atoms with E-state index >= 15 is 0 Å². The maximum atomic E-state index is 12.3. The monoisotopic (exact) mass is 414 g/mol. The van der Waals surface area contributed by atoms with Crippen molar-refractivity contribution in [3.8, 4) is 5.88 Å². The van der Waals surface area contributed by atoms with Crippen LogP contribution in [-0.4, -0.2) is 50.4 Å². The van der Waals surface area contributed by atoms with E-state index < -0.39 is 11.6 Å². The number of nitrogens with zero attached hydrogens (tertiary/aromatic N) is 2. The first-order valence-corrected chi connectivity index (χ1v) is 10.1. The van der Waals surface area contributed by atoms with E-state index in [0.717, 1.165) is 18.4 Å². The zero-order valence-corrected chi connectivity index (χ0v) is 17.5. The normalized spacial score (nSPS) is 16.6. The topological polar surface area (TPSA) is 92.0 Å². The van der Waals surface area contributed by atoms with Gasteiger partial charge in [-0.1, -0.05) is 0 Å². The van der Waals surface area contributed by atoms with E-state index in [-0.39, 0.29) is 18.4 Å². The summed E-state index contributed by atoms with van der Waals surface area (Å²) in [5.41, 5.74) is 0.486.